The van der Waals surface area contributed by atoms with Crippen molar-refractivity contribution in [3.63, 3.8) is 0 Å². The number of ether oxygens (including phenoxy) is 1. The zero-order valence-corrected chi connectivity index (χ0v) is 6.67. The van der Waals surface area contributed by atoms with Gasteiger partial charge in [-0.2, -0.15) is 0 Å². The number of hydrogen-bond acceptors (Lipinski definition) is 3. The van der Waals surface area contributed by atoms with Crippen LogP contribution >= 0.6 is 0 Å². The van der Waals surface area contributed by atoms with Gasteiger partial charge in [-0.1, -0.05) is 0 Å². The Labute approximate surface area is 66.9 Å². The highest BCUT2D eigenvalue weighted by molar-refractivity contribution is 5.75. The summed E-state index contributed by atoms with van der Waals surface area (Å²) < 4.78 is 4.67. The molecule has 0 fully saturated rings. The second-order valence-electron chi connectivity index (χ2n) is 2.10. The molecule has 0 rings (SSSR count). The molecule has 0 spiro atoms. The van der Waals surface area contributed by atoms with Crippen LogP contribution in [0, 0.1) is 12.3 Å². The summed E-state index contributed by atoms with van der Waals surface area (Å²) >= 11 is 0. The summed E-state index contributed by atoms with van der Waals surface area (Å²) in [6.45, 7) is 2.11. The first-order valence-electron chi connectivity index (χ1n) is 3.58. The maximum absolute atomic E-state index is 10.8. The van der Waals surface area contributed by atoms with Gasteiger partial charge in [0.2, 0.25) is 0 Å². The molecule has 0 aromatic rings. The van der Waals surface area contributed by atoms with Gasteiger partial charge in [0.1, 0.15) is 6.04 Å². The highest BCUT2D eigenvalue weighted by Crippen LogP contribution is 1.95. The summed E-state index contributed by atoms with van der Waals surface area (Å²) in [4.78, 5) is 10.8. The number of rotatable bonds is 4. The summed E-state index contributed by atoms with van der Waals surface area (Å²) in [6.07, 6.45) is 6.00. The number of hydrogen-bond donors (Lipinski definition) is 1. The Hall–Kier alpha value is -1.01. The van der Waals surface area contributed by atoms with Crippen molar-refractivity contribution in [2.24, 2.45) is 5.73 Å². The summed E-state index contributed by atoms with van der Waals surface area (Å²) in [5, 5.41) is 0. The average Bonchev–Trinajstić information content (AvgIpc) is 2.00. The van der Waals surface area contributed by atoms with E-state index in [0.29, 0.717) is 19.4 Å². The lowest BCUT2D eigenvalue weighted by Gasteiger charge is -2.07. The van der Waals surface area contributed by atoms with Crippen LogP contribution in [0.5, 0.6) is 0 Å². The van der Waals surface area contributed by atoms with Crippen LogP contribution in [0.15, 0.2) is 0 Å². The first-order valence-corrected chi connectivity index (χ1v) is 3.58. The molecule has 11 heavy (non-hydrogen) atoms. The largest absolute Gasteiger partial charge is 0.465 e. The van der Waals surface area contributed by atoms with Crippen LogP contribution in [0.2, 0.25) is 0 Å². The normalized spacial score (nSPS) is 11.7. The fraction of sp³-hybridized carbons (Fsp3) is 0.625. The molecule has 3 heteroatoms. The Kier molecular flexibility index (Phi) is 5.22. The van der Waals surface area contributed by atoms with Crippen molar-refractivity contribution >= 4 is 5.97 Å². The van der Waals surface area contributed by atoms with E-state index in [0.717, 1.165) is 0 Å². The van der Waals surface area contributed by atoms with Crippen molar-refractivity contribution in [2.75, 3.05) is 6.61 Å². The average molecular weight is 155 g/mol. The molecule has 0 amide bonds. The predicted molar refractivity (Wildman–Crippen MR) is 42.7 cm³/mol. The third-order valence-corrected chi connectivity index (χ3v) is 1.19. The first-order chi connectivity index (χ1) is 5.22. The van der Waals surface area contributed by atoms with E-state index in [1.54, 1.807) is 6.92 Å². The lowest BCUT2D eigenvalue weighted by molar-refractivity contribution is -0.144. The molecule has 3 nitrogen and oxygen atoms in total. The standard InChI is InChI=1S/C8H13NO2/c1-3-5-6-7(9)8(10)11-4-2/h1,7H,4-6,9H2,2H3/t7-/m1/s1. The smallest absolute Gasteiger partial charge is 0.322 e. The number of terminal acetylenes is 1. The number of esters is 1. The van der Waals surface area contributed by atoms with Gasteiger partial charge in [-0.15, -0.1) is 12.3 Å². The molecule has 0 bridgehead atoms. The summed E-state index contributed by atoms with van der Waals surface area (Å²) in [5.41, 5.74) is 5.42. The van der Waals surface area contributed by atoms with Crippen LogP contribution in [0.25, 0.3) is 0 Å². The van der Waals surface area contributed by atoms with Crippen molar-refractivity contribution in [3.8, 4) is 12.3 Å². The van der Waals surface area contributed by atoms with Crippen LogP contribution < -0.4 is 5.73 Å². The van der Waals surface area contributed by atoms with Crippen molar-refractivity contribution in [1.82, 2.24) is 0 Å². The summed E-state index contributed by atoms with van der Waals surface area (Å²) in [6, 6.07) is -0.564. The molecule has 0 saturated carbocycles. The molecule has 0 saturated heterocycles. The zero-order valence-electron chi connectivity index (χ0n) is 6.67. The maximum atomic E-state index is 10.8. The zero-order chi connectivity index (χ0) is 8.69. The third-order valence-electron chi connectivity index (χ3n) is 1.19. The van der Waals surface area contributed by atoms with Gasteiger partial charge >= 0.3 is 5.97 Å². The molecular formula is C8H13NO2. The second-order valence-corrected chi connectivity index (χ2v) is 2.10. The van der Waals surface area contributed by atoms with Gasteiger partial charge in [0.05, 0.1) is 6.61 Å². The van der Waals surface area contributed by atoms with Crippen LogP contribution in [0.1, 0.15) is 19.8 Å². The molecule has 2 N–H and O–H groups in total. The van der Waals surface area contributed by atoms with Gasteiger partial charge in [-0.25, -0.2) is 0 Å². The van der Waals surface area contributed by atoms with Crippen molar-refractivity contribution < 1.29 is 9.53 Å². The monoisotopic (exact) mass is 155 g/mol. The molecular weight excluding hydrogens is 142 g/mol. The quantitative estimate of drug-likeness (QED) is 0.469. The van der Waals surface area contributed by atoms with Crippen molar-refractivity contribution in [2.45, 2.75) is 25.8 Å². The lowest BCUT2D eigenvalue weighted by atomic mass is 10.2. The van der Waals surface area contributed by atoms with Gasteiger partial charge in [-0.3, -0.25) is 4.79 Å². The minimum Gasteiger partial charge on any atom is -0.465 e. The van der Waals surface area contributed by atoms with E-state index in [1.807, 2.05) is 0 Å². The van der Waals surface area contributed by atoms with Gasteiger partial charge in [0, 0.05) is 6.42 Å². The fourth-order valence-corrected chi connectivity index (χ4v) is 0.606. The Morgan fingerprint density at radius 3 is 2.91 bits per heavy atom. The molecule has 0 aromatic heterocycles. The van der Waals surface area contributed by atoms with E-state index in [4.69, 9.17) is 12.2 Å². The molecule has 0 aliphatic heterocycles. The van der Waals surface area contributed by atoms with Crippen LogP contribution in [0.4, 0.5) is 0 Å². The summed E-state index contributed by atoms with van der Waals surface area (Å²) in [7, 11) is 0. The molecule has 0 radical (unpaired) electrons. The van der Waals surface area contributed by atoms with Crippen LogP contribution in [0.3, 0.4) is 0 Å². The van der Waals surface area contributed by atoms with Gasteiger partial charge in [0.15, 0.2) is 0 Å². The number of carbonyl (C=O) groups excluding carboxylic acids is 1. The van der Waals surface area contributed by atoms with Gasteiger partial charge in [-0.05, 0) is 13.3 Å². The maximum Gasteiger partial charge on any atom is 0.322 e. The highest BCUT2D eigenvalue weighted by atomic mass is 16.5. The Morgan fingerprint density at radius 2 is 2.45 bits per heavy atom. The highest BCUT2D eigenvalue weighted by Gasteiger charge is 2.12. The van der Waals surface area contributed by atoms with Crippen LogP contribution in [-0.4, -0.2) is 18.6 Å². The fourth-order valence-electron chi connectivity index (χ4n) is 0.606. The number of nitrogens with two attached hydrogens (primary N) is 1. The van der Waals surface area contributed by atoms with E-state index >= 15 is 0 Å². The Bertz CT molecular complexity index is 160. The molecule has 0 aliphatic rings. The molecule has 0 aromatic carbocycles. The van der Waals surface area contributed by atoms with E-state index in [-0.39, 0.29) is 5.97 Å². The van der Waals surface area contributed by atoms with Crippen molar-refractivity contribution in [1.29, 1.82) is 0 Å². The minimum absolute atomic E-state index is 0.364. The molecule has 1 atom stereocenters. The molecule has 0 aliphatic carbocycles. The summed E-state index contributed by atoms with van der Waals surface area (Å²) in [5.74, 6) is 2.04. The number of carbonyl (C=O) groups is 1. The van der Waals surface area contributed by atoms with E-state index in [9.17, 15) is 4.79 Å². The molecule has 0 heterocycles. The molecule has 62 valence electrons. The minimum atomic E-state index is -0.564. The second kappa shape index (κ2) is 5.75. The lowest BCUT2D eigenvalue weighted by Crippen LogP contribution is -2.32. The Balaban J connectivity index is 3.57. The van der Waals surface area contributed by atoms with Crippen LogP contribution in [-0.2, 0) is 9.53 Å². The van der Waals surface area contributed by atoms with Gasteiger partial charge in [0.25, 0.3) is 0 Å². The molecule has 0 unspecified atom stereocenters. The van der Waals surface area contributed by atoms with Gasteiger partial charge < -0.3 is 10.5 Å². The predicted octanol–water partition coefficient (Wildman–Crippen LogP) is 0.290. The van der Waals surface area contributed by atoms with E-state index < -0.39 is 6.04 Å². The van der Waals surface area contributed by atoms with Crippen molar-refractivity contribution in [3.05, 3.63) is 0 Å². The van der Waals surface area contributed by atoms with E-state index in [1.165, 1.54) is 0 Å². The first kappa shape index (κ1) is 9.99. The Morgan fingerprint density at radius 1 is 1.82 bits per heavy atom. The third kappa shape index (κ3) is 4.40. The van der Waals surface area contributed by atoms with E-state index in [2.05, 4.69) is 10.7 Å². The SMILES string of the molecule is C#CCC[C@@H](N)C(=O)OCC. The topological polar surface area (TPSA) is 52.3 Å².